The molecule has 0 aliphatic rings. The Bertz CT molecular complexity index is 433. The maximum Gasteiger partial charge on any atom is 0.208 e. The molecule has 0 spiro atoms. The van der Waals surface area contributed by atoms with Gasteiger partial charge in [0.25, 0.3) is 0 Å². The van der Waals surface area contributed by atoms with E-state index in [2.05, 4.69) is 41.3 Å². The van der Waals surface area contributed by atoms with E-state index in [0.717, 1.165) is 10.9 Å². The van der Waals surface area contributed by atoms with Gasteiger partial charge < -0.3 is 0 Å². The average Bonchev–Trinajstić information content (AvgIpc) is 2.64. The number of hydrogen-bond acceptors (Lipinski definition) is 3. The van der Waals surface area contributed by atoms with Gasteiger partial charge in [-0.1, -0.05) is 41.6 Å². The molecule has 1 aromatic carbocycles. The molecule has 0 bridgehead atoms. The van der Waals surface area contributed by atoms with E-state index in [4.69, 9.17) is 0 Å². The van der Waals surface area contributed by atoms with Crippen molar-refractivity contribution in [3.8, 4) is 0 Å². The molecular formula is C11H13N3S. The van der Waals surface area contributed by atoms with Crippen LogP contribution >= 0.6 is 11.8 Å². The van der Waals surface area contributed by atoms with Gasteiger partial charge >= 0.3 is 0 Å². The third-order valence-electron chi connectivity index (χ3n) is 2.07. The van der Waals surface area contributed by atoms with Gasteiger partial charge in [-0.2, -0.15) is 0 Å². The molecule has 0 N–H and O–H groups in total. The predicted octanol–water partition coefficient (Wildman–Crippen LogP) is 2.42. The summed E-state index contributed by atoms with van der Waals surface area (Å²) in [5, 5.41) is 5.04. The molecule has 0 saturated heterocycles. The Balaban J connectivity index is 1.96. The van der Waals surface area contributed by atoms with Crippen molar-refractivity contribution in [3.63, 3.8) is 0 Å². The van der Waals surface area contributed by atoms with Crippen LogP contribution in [0.4, 0.5) is 0 Å². The quantitative estimate of drug-likeness (QED) is 0.743. The molecule has 2 rings (SSSR count). The lowest BCUT2D eigenvalue weighted by molar-refractivity contribution is 0.738. The molecule has 15 heavy (non-hydrogen) atoms. The number of benzene rings is 1. The summed E-state index contributed by atoms with van der Waals surface area (Å²) in [6, 6.07) is 8.54. The Kier molecular flexibility index (Phi) is 3.06. The van der Waals surface area contributed by atoms with Gasteiger partial charge in [-0.25, -0.2) is 4.98 Å². The molecule has 2 aromatic rings. The zero-order valence-corrected chi connectivity index (χ0v) is 9.66. The second-order valence-corrected chi connectivity index (χ2v) is 4.42. The number of thioether (sulfide) groups is 1. The van der Waals surface area contributed by atoms with Gasteiger partial charge in [-0.15, -0.1) is 5.10 Å². The zero-order valence-electron chi connectivity index (χ0n) is 8.84. The topological polar surface area (TPSA) is 30.7 Å². The molecule has 4 heteroatoms. The first-order valence-corrected chi connectivity index (χ1v) is 5.76. The van der Waals surface area contributed by atoms with Crippen LogP contribution in [-0.2, 0) is 12.8 Å². The van der Waals surface area contributed by atoms with E-state index in [1.165, 1.54) is 11.1 Å². The maximum atomic E-state index is 4.21. The molecule has 0 amide bonds. The summed E-state index contributed by atoms with van der Waals surface area (Å²) in [6.07, 6.45) is 1.72. The third-order valence-corrected chi connectivity index (χ3v) is 2.99. The van der Waals surface area contributed by atoms with Crippen molar-refractivity contribution in [1.29, 1.82) is 0 Å². The van der Waals surface area contributed by atoms with Gasteiger partial charge in [0.05, 0.1) is 0 Å². The summed E-state index contributed by atoms with van der Waals surface area (Å²) >= 11 is 1.66. The van der Waals surface area contributed by atoms with Crippen LogP contribution in [0.15, 0.2) is 35.7 Å². The van der Waals surface area contributed by atoms with E-state index in [0.29, 0.717) is 0 Å². The average molecular weight is 219 g/mol. The lowest BCUT2D eigenvalue weighted by Gasteiger charge is -1.98. The molecule has 0 aliphatic carbocycles. The van der Waals surface area contributed by atoms with Crippen LogP contribution in [0.3, 0.4) is 0 Å². The number of nitrogens with zero attached hydrogens (tertiary/aromatic N) is 3. The van der Waals surface area contributed by atoms with Crippen LogP contribution in [0.1, 0.15) is 11.1 Å². The van der Waals surface area contributed by atoms with Crippen molar-refractivity contribution >= 4 is 11.8 Å². The van der Waals surface area contributed by atoms with Crippen LogP contribution in [0, 0.1) is 6.92 Å². The van der Waals surface area contributed by atoms with Crippen molar-refractivity contribution in [1.82, 2.24) is 14.8 Å². The molecular weight excluding hydrogens is 206 g/mol. The molecule has 0 atom stereocenters. The monoisotopic (exact) mass is 219 g/mol. The molecule has 78 valence electrons. The number of hydrogen-bond donors (Lipinski definition) is 0. The van der Waals surface area contributed by atoms with Crippen molar-refractivity contribution in [2.45, 2.75) is 17.8 Å². The van der Waals surface area contributed by atoms with E-state index in [1.54, 1.807) is 22.8 Å². The van der Waals surface area contributed by atoms with Crippen LogP contribution in [0.25, 0.3) is 0 Å². The molecule has 1 heterocycles. The van der Waals surface area contributed by atoms with Gasteiger partial charge in [-0.3, -0.25) is 4.68 Å². The summed E-state index contributed by atoms with van der Waals surface area (Å²) in [4.78, 5) is 4.16. The summed E-state index contributed by atoms with van der Waals surface area (Å²) in [5.41, 5.74) is 2.60. The Morgan fingerprint density at radius 1 is 1.27 bits per heavy atom. The maximum absolute atomic E-state index is 4.21. The van der Waals surface area contributed by atoms with E-state index in [-0.39, 0.29) is 0 Å². The Morgan fingerprint density at radius 2 is 2.00 bits per heavy atom. The summed E-state index contributed by atoms with van der Waals surface area (Å²) < 4.78 is 1.72. The van der Waals surface area contributed by atoms with E-state index < -0.39 is 0 Å². The summed E-state index contributed by atoms with van der Waals surface area (Å²) in [6.45, 7) is 2.09. The standard InChI is InChI=1S/C11H13N3S/c1-9-3-5-10(6-4-9)7-15-11-12-8-14(2)13-11/h3-6,8H,7H2,1-2H3. The second kappa shape index (κ2) is 4.49. The van der Waals surface area contributed by atoms with Gasteiger partial charge in [0, 0.05) is 12.8 Å². The third kappa shape index (κ3) is 2.83. The summed E-state index contributed by atoms with van der Waals surface area (Å²) in [5.74, 6) is 0.921. The van der Waals surface area contributed by atoms with Crippen LogP contribution in [-0.4, -0.2) is 14.8 Å². The molecule has 1 aromatic heterocycles. The Hall–Kier alpha value is -1.29. The Labute approximate surface area is 93.5 Å². The van der Waals surface area contributed by atoms with E-state index in [9.17, 15) is 0 Å². The van der Waals surface area contributed by atoms with E-state index in [1.807, 2.05) is 7.05 Å². The minimum Gasteiger partial charge on any atom is -0.255 e. The zero-order chi connectivity index (χ0) is 10.7. The number of aryl methyl sites for hydroxylation is 2. The minimum atomic E-state index is 0.832. The first-order chi connectivity index (χ1) is 7.24. The Morgan fingerprint density at radius 3 is 2.60 bits per heavy atom. The lowest BCUT2D eigenvalue weighted by atomic mass is 10.2. The van der Waals surface area contributed by atoms with Crippen LogP contribution < -0.4 is 0 Å². The molecule has 0 unspecified atom stereocenters. The minimum absolute atomic E-state index is 0.832. The van der Waals surface area contributed by atoms with Gasteiger partial charge in [-0.05, 0) is 12.5 Å². The molecule has 0 fully saturated rings. The van der Waals surface area contributed by atoms with Crippen LogP contribution in [0.5, 0.6) is 0 Å². The fourth-order valence-corrected chi connectivity index (χ4v) is 2.01. The fourth-order valence-electron chi connectivity index (χ4n) is 1.22. The highest BCUT2D eigenvalue weighted by Crippen LogP contribution is 2.18. The van der Waals surface area contributed by atoms with Crippen molar-refractivity contribution in [2.24, 2.45) is 7.05 Å². The highest BCUT2D eigenvalue weighted by atomic mass is 32.2. The van der Waals surface area contributed by atoms with E-state index >= 15 is 0 Å². The fraction of sp³-hybridized carbons (Fsp3) is 0.273. The number of aromatic nitrogens is 3. The number of rotatable bonds is 3. The van der Waals surface area contributed by atoms with Gasteiger partial charge in [0.2, 0.25) is 5.16 Å². The van der Waals surface area contributed by atoms with Gasteiger partial charge in [0.1, 0.15) is 6.33 Å². The SMILES string of the molecule is Cc1ccc(CSc2ncn(C)n2)cc1. The molecule has 0 radical (unpaired) electrons. The predicted molar refractivity (Wildman–Crippen MR) is 61.7 cm³/mol. The molecule has 0 aliphatic heterocycles. The first-order valence-electron chi connectivity index (χ1n) is 4.78. The normalized spacial score (nSPS) is 10.5. The smallest absolute Gasteiger partial charge is 0.208 e. The van der Waals surface area contributed by atoms with Crippen molar-refractivity contribution < 1.29 is 0 Å². The highest BCUT2D eigenvalue weighted by molar-refractivity contribution is 7.98. The lowest BCUT2D eigenvalue weighted by Crippen LogP contribution is -1.87. The largest absolute Gasteiger partial charge is 0.255 e. The van der Waals surface area contributed by atoms with Crippen LogP contribution in [0.2, 0.25) is 0 Å². The van der Waals surface area contributed by atoms with Gasteiger partial charge in [0.15, 0.2) is 0 Å². The second-order valence-electron chi connectivity index (χ2n) is 3.48. The molecule has 0 saturated carbocycles. The highest BCUT2D eigenvalue weighted by Gasteiger charge is 2.00. The van der Waals surface area contributed by atoms with Crippen molar-refractivity contribution in [3.05, 3.63) is 41.7 Å². The summed E-state index contributed by atoms with van der Waals surface area (Å²) in [7, 11) is 1.88. The molecule has 3 nitrogen and oxygen atoms in total. The van der Waals surface area contributed by atoms with Crippen molar-refractivity contribution in [2.75, 3.05) is 0 Å². The first kappa shape index (κ1) is 10.2.